The van der Waals surface area contributed by atoms with Crippen LogP contribution in [0, 0.1) is 45.3 Å². The summed E-state index contributed by atoms with van der Waals surface area (Å²) in [5.41, 5.74) is 13.1. The molecular formula is C108H153N6O10V-5. The maximum absolute atomic E-state index is 15.4. The number of quaternary nitrogens is 2. The Labute approximate surface area is 766 Å². The number of nitrogens with one attached hydrogen (secondary N) is 2. The predicted octanol–water partition coefficient (Wildman–Crippen LogP) is 20.6. The van der Waals surface area contributed by atoms with Gasteiger partial charge in [0.15, 0.2) is 0 Å². The number of fused-ring (bicyclic) bond motifs is 16. The van der Waals surface area contributed by atoms with E-state index in [4.69, 9.17) is 21.0 Å². The second-order valence-electron chi connectivity index (χ2n) is 41.0. The van der Waals surface area contributed by atoms with Crippen molar-refractivity contribution >= 4 is 0 Å². The summed E-state index contributed by atoms with van der Waals surface area (Å²) in [4.78, 5) is 3.36. The fourth-order valence-electron chi connectivity index (χ4n) is 14.8. The quantitative estimate of drug-likeness (QED) is 0.0817. The summed E-state index contributed by atoms with van der Waals surface area (Å²) in [7, 11) is 0. The molecule has 0 fully saturated rings. The van der Waals surface area contributed by atoms with E-state index in [9.17, 15) is 25.5 Å². The molecule has 16 nitrogen and oxygen atoms in total. The fourth-order valence-corrected chi connectivity index (χ4v) is 14.8. The van der Waals surface area contributed by atoms with Crippen molar-refractivity contribution in [3.8, 4) is 70.3 Å². The topological polar surface area (TPSA) is 331 Å². The number of phenols is 5. The Morgan fingerprint density at radius 2 is 0.312 bits per heavy atom. The minimum absolute atomic E-state index is 0. The Bertz CT molecular complexity index is 3930. The van der Waals surface area contributed by atoms with Crippen molar-refractivity contribution in [2.75, 3.05) is 39.3 Å². The monoisotopic (exact) mass is 1750 g/mol. The van der Waals surface area contributed by atoms with E-state index in [1.807, 2.05) is 97.1 Å². The minimum Gasteiger partial charge on any atom is -2.00 e. The van der Waals surface area contributed by atoms with Gasteiger partial charge in [0, 0.05) is 91.2 Å². The van der Waals surface area contributed by atoms with Gasteiger partial charge < -0.3 is 61.6 Å². The first-order valence-electron chi connectivity index (χ1n) is 43.9. The maximum atomic E-state index is 15.4. The SMILES string of the molecule is CC#N.CC#N.CC#N.CC#N.CC(C)(C)c1cc2c([O-])c(c1)Cc1cc(C(C)(C)C)cc(c1O)Cc1cc(C(C)(C)C)cc(c1O)Cc1cc(C(C)(C)C)cc(c1[O-])Cc1cc(C(C)(C)C)cc(c1O)Cc1cc(C(C)(C)C)cc(c1O)Cc1cc(C(C)(C)C)cc(c1O)Cc1cc(C(C)(C)C)cc(c1[O-])C2.CC[NH+](CC)CC.CC[NH+](CC)CC.[O-2].[O-2].[V]. The summed E-state index contributed by atoms with van der Waals surface area (Å²) in [5, 5.41) is 139. The normalized spacial score (nSPS) is 12.4. The molecule has 1 aliphatic rings. The Morgan fingerprint density at radius 1 is 0.232 bits per heavy atom. The summed E-state index contributed by atoms with van der Waals surface area (Å²) in [5.74, 6) is -0.446. The smallest absolute Gasteiger partial charge is 0.122 e. The number of hydrogen-bond acceptors (Lipinski definition) is 12. The molecule has 8 aromatic carbocycles. The first kappa shape index (κ1) is 116. The van der Waals surface area contributed by atoms with Gasteiger partial charge in [-0.2, -0.15) is 21.0 Å². The number of nitrogens with zero attached hydrogens (tertiary/aromatic N) is 4. The van der Waals surface area contributed by atoms with E-state index in [1.165, 1.54) is 67.0 Å². The first-order chi connectivity index (χ1) is 56.2. The van der Waals surface area contributed by atoms with Crippen molar-refractivity contribution in [3.05, 3.63) is 231 Å². The molecule has 125 heavy (non-hydrogen) atoms. The molecule has 0 amide bonds. The van der Waals surface area contributed by atoms with Crippen LogP contribution in [0.3, 0.4) is 0 Å². The number of nitriles is 4. The van der Waals surface area contributed by atoms with Crippen LogP contribution < -0.4 is 25.1 Å². The van der Waals surface area contributed by atoms with Crippen LogP contribution in [0.5, 0.6) is 46.0 Å². The molecule has 0 aliphatic heterocycles. The van der Waals surface area contributed by atoms with Crippen molar-refractivity contribution in [3.63, 3.8) is 0 Å². The van der Waals surface area contributed by atoms with Gasteiger partial charge in [0.25, 0.3) is 0 Å². The van der Waals surface area contributed by atoms with Crippen LogP contribution in [0.25, 0.3) is 0 Å². The second kappa shape index (κ2) is 48.5. The van der Waals surface area contributed by atoms with E-state index < -0.39 is 21.7 Å². The molecule has 0 spiro atoms. The third-order valence-electron chi connectivity index (χ3n) is 23.0. The molecule has 0 saturated carbocycles. The Kier molecular flexibility index (Phi) is 44.8. The number of phenolic OH excluding ortho intramolecular Hbond substituents is 5. The van der Waals surface area contributed by atoms with E-state index in [0.29, 0.717) is 89.0 Å². The molecule has 7 N–H and O–H groups in total. The van der Waals surface area contributed by atoms with Gasteiger partial charge in [-0.1, -0.05) is 297 Å². The summed E-state index contributed by atoms with van der Waals surface area (Å²) in [6, 6.07) is 38.8. The van der Waals surface area contributed by atoms with Crippen LogP contribution in [0.2, 0.25) is 0 Å². The largest absolute Gasteiger partial charge is 2.00 e. The molecule has 1 radical (unpaired) electrons. The van der Waals surface area contributed by atoms with Gasteiger partial charge in [0.2, 0.25) is 0 Å². The fraction of sp³-hybridized carbons (Fsp3) is 0.519. The van der Waals surface area contributed by atoms with Crippen LogP contribution in [0.15, 0.2) is 97.1 Å². The van der Waals surface area contributed by atoms with E-state index >= 15 is 15.3 Å². The molecule has 1 aliphatic carbocycles. The third-order valence-corrected chi connectivity index (χ3v) is 23.0. The number of aromatic hydroxyl groups is 5. The van der Waals surface area contributed by atoms with Gasteiger partial charge in [0.1, 0.15) is 28.7 Å². The Balaban J connectivity index is 0.00000465. The molecule has 0 atom stereocenters. The first-order valence-corrected chi connectivity index (χ1v) is 43.9. The predicted molar refractivity (Wildman–Crippen MR) is 502 cm³/mol. The third kappa shape index (κ3) is 32.7. The van der Waals surface area contributed by atoms with E-state index in [-0.39, 0.29) is 149 Å². The zero-order chi connectivity index (χ0) is 93.7. The molecular weight excluding hydrogens is 1590 g/mol. The van der Waals surface area contributed by atoms with Gasteiger partial charge in [0.05, 0.1) is 63.5 Å². The molecule has 8 aromatic rings. The van der Waals surface area contributed by atoms with Gasteiger partial charge in [-0.25, -0.2) is 0 Å². The molecule has 9 rings (SSSR count). The van der Waals surface area contributed by atoms with Crippen molar-refractivity contribution < 1.29 is 80.2 Å². The van der Waals surface area contributed by atoms with Crippen molar-refractivity contribution in [2.24, 2.45) is 0 Å². The van der Waals surface area contributed by atoms with Crippen LogP contribution >= 0.6 is 0 Å². The van der Waals surface area contributed by atoms with Crippen molar-refractivity contribution in [1.29, 1.82) is 21.0 Å². The van der Waals surface area contributed by atoms with Crippen LogP contribution in [-0.4, -0.2) is 64.8 Å². The van der Waals surface area contributed by atoms with Gasteiger partial charge in [-0.3, -0.25) is 0 Å². The van der Waals surface area contributed by atoms with Crippen LogP contribution in [-0.2, 0) is 124 Å². The molecule has 0 unspecified atom stereocenters. The summed E-state index contributed by atoms with van der Waals surface area (Å²) < 4.78 is 0. The Hall–Kier alpha value is -9.46. The standard InChI is InChI=1S/C88H112O8.2C6H15N.4C2H3N.2O.V/c1-81(2,3)65-33-49-25-51-35-66(82(4,5)6)37-53(74(51)90)27-55-39-68(84(10,11)12)41-57(76(55)92)29-59-43-70(86(16,17)18)45-61(78(59)94)31-63-47-72(88(22,23)24)48-64(80(63)96)32-62-46-71(87(19,20)21)44-60(79(62)95)30-58-42-69(85(13,14)15)40-56(77(58)93)28-54-38-67(83(7,8)9)36-52(75(54)91)26-50(34-65)73(49)89;2*1-4-7(5-2)6-3;4*1-2-3;;;/h33-48,89-96H,25-32H2,1-24H3;2*4-6H2,1-3H3;4*1H3;;;/q;;;;;;;2*-2;/p-1. The molecule has 0 saturated heterocycles. The Morgan fingerprint density at radius 3 is 0.392 bits per heavy atom. The summed E-state index contributed by atoms with van der Waals surface area (Å²) in [6.07, 6.45) is 0.916. The average molecular weight is 1750 g/mol. The summed E-state index contributed by atoms with van der Waals surface area (Å²) in [6.45, 7) is 77.5. The molecule has 0 aromatic heterocycles. The number of benzene rings is 8. The van der Waals surface area contributed by atoms with E-state index in [2.05, 4.69) is 208 Å². The second-order valence-corrected chi connectivity index (χ2v) is 41.0. The zero-order valence-electron chi connectivity index (χ0n) is 82.7. The van der Waals surface area contributed by atoms with E-state index in [1.54, 1.807) is 34.1 Å². The zero-order valence-corrected chi connectivity index (χ0v) is 84.0. The van der Waals surface area contributed by atoms with Crippen LogP contribution in [0.4, 0.5) is 0 Å². The van der Waals surface area contributed by atoms with Crippen molar-refractivity contribution in [1.82, 2.24) is 0 Å². The van der Waals surface area contributed by atoms with E-state index in [0.717, 1.165) is 44.5 Å². The van der Waals surface area contributed by atoms with Gasteiger partial charge in [-0.15, -0.1) is 17.2 Å². The maximum Gasteiger partial charge on any atom is 0.122 e. The molecule has 17 heteroatoms. The minimum atomic E-state index is -0.411. The van der Waals surface area contributed by atoms with Gasteiger partial charge >= 0.3 is 0 Å². The van der Waals surface area contributed by atoms with Gasteiger partial charge in [-0.05, 0) is 191 Å². The summed E-state index contributed by atoms with van der Waals surface area (Å²) >= 11 is 0. The average Bonchev–Trinajstić information content (AvgIpc) is 0.773. The molecule has 685 valence electrons. The molecule has 0 heterocycles. The number of hydrogen-bond donors (Lipinski definition) is 7. The number of rotatable bonds is 6. The van der Waals surface area contributed by atoms with Crippen molar-refractivity contribution in [2.45, 2.75) is 330 Å². The molecule has 16 bridgehead atoms. The van der Waals surface area contributed by atoms with Crippen LogP contribution in [0.1, 0.15) is 369 Å².